The summed E-state index contributed by atoms with van der Waals surface area (Å²) in [7, 11) is 3.45. The number of benzene rings is 2. The van der Waals surface area contributed by atoms with Crippen LogP contribution in [0.15, 0.2) is 48.5 Å². The van der Waals surface area contributed by atoms with E-state index in [2.05, 4.69) is 11.4 Å². The zero-order valence-electron chi connectivity index (χ0n) is 15.6. The van der Waals surface area contributed by atoms with Crippen LogP contribution in [-0.4, -0.2) is 38.2 Å². The Morgan fingerprint density at radius 2 is 2.00 bits per heavy atom. The Bertz CT molecular complexity index is 762. The maximum atomic E-state index is 12.6. The Balaban J connectivity index is 1.56. The van der Waals surface area contributed by atoms with E-state index in [0.29, 0.717) is 13.2 Å². The number of hydrogen-bond donors (Lipinski definition) is 1. The number of methoxy groups -OCH3 is 1. The second-order valence-electron chi connectivity index (χ2n) is 6.70. The van der Waals surface area contributed by atoms with E-state index in [0.717, 1.165) is 23.5 Å². The lowest BCUT2D eigenvalue weighted by Gasteiger charge is -2.29. The second-order valence-corrected chi connectivity index (χ2v) is 6.70. The van der Waals surface area contributed by atoms with Gasteiger partial charge >= 0.3 is 6.03 Å². The average Bonchev–Trinajstić information content (AvgIpc) is 2.70. The van der Waals surface area contributed by atoms with Crippen molar-refractivity contribution in [3.05, 3.63) is 59.7 Å². The minimum Gasteiger partial charge on any atom is -0.496 e. The Labute approximate surface area is 154 Å². The number of nitrogens with one attached hydrogen (secondary N) is 1. The summed E-state index contributed by atoms with van der Waals surface area (Å²) in [5.74, 6) is 2.03. The standard InChI is InChI=1S/C21H26N2O3/c1-15(18-9-5-7-11-20(18)25-3)23(2)21(24)22-13-16-12-17-8-4-6-10-19(17)26-14-16/h4-11,15-16H,12-14H2,1-3H3,(H,22,24)/t15-,16+/m0/s1. The number of rotatable bonds is 5. The van der Waals surface area contributed by atoms with E-state index in [4.69, 9.17) is 9.47 Å². The van der Waals surface area contributed by atoms with Gasteiger partial charge in [-0.05, 0) is 31.0 Å². The molecule has 0 spiro atoms. The summed E-state index contributed by atoms with van der Waals surface area (Å²) in [6.07, 6.45) is 0.919. The molecule has 138 valence electrons. The summed E-state index contributed by atoms with van der Waals surface area (Å²) in [5, 5.41) is 3.04. The van der Waals surface area contributed by atoms with E-state index in [1.54, 1.807) is 19.1 Å². The molecule has 2 aromatic rings. The molecule has 1 heterocycles. The molecule has 0 aliphatic carbocycles. The number of carbonyl (C=O) groups excluding carboxylic acids is 1. The molecule has 0 unspecified atom stereocenters. The fourth-order valence-corrected chi connectivity index (χ4v) is 3.27. The van der Waals surface area contributed by atoms with Gasteiger partial charge in [0.2, 0.25) is 0 Å². The second kappa shape index (κ2) is 8.13. The van der Waals surface area contributed by atoms with Crippen molar-refractivity contribution in [2.75, 3.05) is 27.3 Å². The summed E-state index contributed by atoms with van der Waals surface area (Å²) >= 11 is 0. The average molecular weight is 354 g/mol. The van der Waals surface area contributed by atoms with Crippen LogP contribution < -0.4 is 14.8 Å². The highest BCUT2D eigenvalue weighted by atomic mass is 16.5. The van der Waals surface area contributed by atoms with Crippen LogP contribution in [0.4, 0.5) is 4.79 Å². The number of fused-ring (bicyclic) bond motifs is 1. The van der Waals surface area contributed by atoms with Crippen molar-refractivity contribution in [3.8, 4) is 11.5 Å². The van der Waals surface area contributed by atoms with E-state index in [1.807, 2.05) is 49.4 Å². The molecule has 2 amide bonds. The third-order valence-corrected chi connectivity index (χ3v) is 4.99. The van der Waals surface area contributed by atoms with Crippen molar-refractivity contribution in [2.45, 2.75) is 19.4 Å². The minimum atomic E-state index is -0.0951. The van der Waals surface area contributed by atoms with Crippen LogP contribution in [-0.2, 0) is 6.42 Å². The van der Waals surface area contributed by atoms with Gasteiger partial charge < -0.3 is 19.7 Å². The molecule has 1 N–H and O–H groups in total. The highest BCUT2D eigenvalue weighted by Crippen LogP contribution is 2.28. The number of urea groups is 1. The van der Waals surface area contributed by atoms with Crippen LogP contribution in [0.1, 0.15) is 24.1 Å². The molecule has 0 bridgehead atoms. The first kappa shape index (κ1) is 18.1. The van der Waals surface area contributed by atoms with Gasteiger partial charge in [-0.25, -0.2) is 4.79 Å². The van der Waals surface area contributed by atoms with Gasteiger partial charge in [-0.3, -0.25) is 0 Å². The van der Waals surface area contributed by atoms with Crippen LogP contribution in [0, 0.1) is 5.92 Å². The SMILES string of the molecule is COc1ccccc1[C@H](C)N(C)C(=O)NC[C@@H]1COc2ccccc2C1. The Kier molecular flexibility index (Phi) is 5.66. The fourth-order valence-electron chi connectivity index (χ4n) is 3.27. The van der Waals surface area contributed by atoms with Gasteiger partial charge in [-0.2, -0.15) is 0 Å². The summed E-state index contributed by atoms with van der Waals surface area (Å²) in [5.41, 5.74) is 2.19. The zero-order valence-corrected chi connectivity index (χ0v) is 15.6. The summed E-state index contributed by atoms with van der Waals surface area (Å²) in [6.45, 7) is 3.22. The molecule has 3 rings (SSSR count). The number of amides is 2. The summed E-state index contributed by atoms with van der Waals surface area (Å²) in [6, 6.07) is 15.7. The number of carbonyl (C=O) groups is 1. The van der Waals surface area contributed by atoms with Gasteiger partial charge in [0.15, 0.2) is 0 Å². The van der Waals surface area contributed by atoms with E-state index in [9.17, 15) is 4.79 Å². The lowest BCUT2D eigenvalue weighted by atomic mass is 9.97. The number of nitrogens with zero attached hydrogens (tertiary/aromatic N) is 1. The van der Waals surface area contributed by atoms with Crippen molar-refractivity contribution < 1.29 is 14.3 Å². The van der Waals surface area contributed by atoms with Crippen LogP contribution in [0.2, 0.25) is 0 Å². The summed E-state index contributed by atoms with van der Waals surface area (Å²) < 4.78 is 11.2. The molecule has 26 heavy (non-hydrogen) atoms. The molecule has 0 radical (unpaired) electrons. The number of para-hydroxylation sites is 2. The molecule has 5 nitrogen and oxygen atoms in total. The lowest BCUT2D eigenvalue weighted by Crippen LogP contribution is -2.42. The van der Waals surface area contributed by atoms with E-state index in [1.165, 1.54) is 5.56 Å². The molecule has 0 saturated heterocycles. The Morgan fingerprint density at radius 3 is 2.81 bits per heavy atom. The summed E-state index contributed by atoms with van der Waals surface area (Å²) in [4.78, 5) is 14.3. The Morgan fingerprint density at radius 1 is 1.27 bits per heavy atom. The maximum absolute atomic E-state index is 12.6. The van der Waals surface area contributed by atoms with E-state index < -0.39 is 0 Å². The van der Waals surface area contributed by atoms with Crippen LogP contribution >= 0.6 is 0 Å². The van der Waals surface area contributed by atoms with Crippen LogP contribution in [0.25, 0.3) is 0 Å². The van der Waals surface area contributed by atoms with Crippen molar-refractivity contribution in [2.24, 2.45) is 5.92 Å². The van der Waals surface area contributed by atoms with Crippen LogP contribution in [0.3, 0.4) is 0 Å². The normalized spacial score (nSPS) is 16.8. The fraction of sp³-hybridized carbons (Fsp3) is 0.381. The number of hydrogen-bond acceptors (Lipinski definition) is 3. The zero-order chi connectivity index (χ0) is 18.5. The first-order valence-corrected chi connectivity index (χ1v) is 8.94. The van der Waals surface area contributed by atoms with Crippen molar-refractivity contribution in [1.82, 2.24) is 10.2 Å². The molecule has 5 heteroatoms. The maximum Gasteiger partial charge on any atom is 0.317 e. The smallest absolute Gasteiger partial charge is 0.317 e. The first-order chi connectivity index (χ1) is 12.6. The monoisotopic (exact) mass is 354 g/mol. The molecule has 0 saturated carbocycles. The predicted octanol–water partition coefficient (Wildman–Crippen LogP) is 3.65. The van der Waals surface area contributed by atoms with Gasteiger partial charge in [0.1, 0.15) is 11.5 Å². The molecule has 2 atom stereocenters. The third-order valence-electron chi connectivity index (χ3n) is 4.99. The molecule has 0 fully saturated rings. The third kappa shape index (κ3) is 3.93. The predicted molar refractivity (Wildman–Crippen MR) is 102 cm³/mol. The van der Waals surface area contributed by atoms with Gasteiger partial charge in [0, 0.05) is 25.1 Å². The van der Waals surface area contributed by atoms with Gasteiger partial charge in [0.25, 0.3) is 0 Å². The highest BCUT2D eigenvalue weighted by molar-refractivity contribution is 5.74. The minimum absolute atomic E-state index is 0.0884. The van der Waals surface area contributed by atoms with E-state index in [-0.39, 0.29) is 18.0 Å². The molecule has 1 aliphatic rings. The molecule has 0 aromatic heterocycles. The lowest BCUT2D eigenvalue weighted by molar-refractivity contribution is 0.183. The molecule has 2 aromatic carbocycles. The van der Waals surface area contributed by atoms with Gasteiger partial charge in [-0.1, -0.05) is 36.4 Å². The number of ether oxygens (including phenoxy) is 2. The first-order valence-electron chi connectivity index (χ1n) is 8.94. The molecular formula is C21H26N2O3. The molecular weight excluding hydrogens is 328 g/mol. The van der Waals surface area contributed by atoms with Crippen molar-refractivity contribution in [1.29, 1.82) is 0 Å². The quantitative estimate of drug-likeness (QED) is 0.892. The van der Waals surface area contributed by atoms with Crippen molar-refractivity contribution >= 4 is 6.03 Å². The Hall–Kier alpha value is -2.69. The highest BCUT2D eigenvalue weighted by Gasteiger charge is 2.23. The topological polar surface area (TPSA) is 50.8 Å². The van der Waals surface area contributed by atoms with Gasteiger partial charge in [0.05, 0.1) is 19.8 Å². The van der Waals surface area contributed by atoms with E-state index >= 15 is 0 Å². The molecule has 1 aliphatic heterocycles. The van der Waals surface area contributed by atoms with Crippen molar-refractivity contribution in [3.63, 3.8) is 0 Å². The van der Waals surface area contributed by atoms with Crippen LogP contribution in [0.5, 0.6) is 11.5 Å². The largest absolute Gasteiger partial charge is 0.496 e. The van der Waals surface area contributed by atoms with Gasteiger partial charge in [-0.15, -0.1) is 0 Å².